The molecule has 0 aliphatic carbocycles. The van der Waals surface area contributed by atoms with Crippen LogP contribution in [0.5, 0.6) is 5.75 Å². The molecule has 0 saturated heterocycles. The quantitative estimate of drug-likeness (QED) is 0.689. The maximum absolute atomic E-state index is 12.9. The number of rotatable bonds is 5. The molecule has 26 heavy (non-hydrogen) atoms. The van der Waals surface area contributed by atoms with E-state index in [1.165, 1.54) is 11.3 Å². The second-order valence-electron chi connectivity index (χ2n) is 5.88. The third-order valence-electron chi connectivity index (χ3n) is 4.21. The molecule has 2 aromatic heterocycles. The Hall–Kier alpha value is -3.28. The van der Waals surface area contributed by atoms with E-state index in [0.29, 0.717) is 18.8 Å². The molecular weight excluding hydrogens is 332 g/mol. The molecule has 1 aliphatic heterocycles. The summed E-state index contributed by atoms with van der Waals surface area (Å²) in [6.45, 7) is 2.52. The van der Waals surface area contributed by atoms with Crippen molar-refractivity contribution in [2.24, 2.45) is 5.10 Å². The van der Waals surface area contributed by atoms with Crippen molar-refractivity contribution in [2.75, 3.05) is 6.61 Å². The second-order valence-corrected chi connectivity index (χ2v) is 5.88. The highest BCUT2D eigenvalue weighted by molar-refractivity contribution is 6.02. The maximum atomic E-state index is 12.9. The van der Waals surface area contributed by atoms with Crippen LogP contribution in [0.4, 0.5) is 0 Å². The monoisotopic (exact) mass is 350 g/mol. The SMILES string of the molecule is CCOc1cccc([C@H]2CC(c3ccco3)=NN2C(=O)c2ccco2)c1. The third-order valence-corrected chi connectivity index (χ3v) is 4.21. The number of hydrogen-bond acceptors (Lipinski definition) is 5. The Morgan fingerprint density at radius 2 is 2.04 bits per heavy atom. The number of ether oxygens (including phenoxy) is 1. The van der Waals surface area contributed by atoms with Crippen LogP contribution in [0.1, 0.15) is 41.3 Å². The van der Waals surface area contributed by atoms with Gasteiger partial charge in [0, 0.05) is 6.42 Å². The van der Waals surface area contributed by atoms with Gasteiger partial charge in [-0.1, -0.05) is 12.1 Å². The molecule has 1 aromatic carbocycles. The molecule has 1 atom stereocenters. The number of amides is 1. The molecule has 0 bridgehead atoms. The van der Waals surface area contributed by atoms with Crippen LogP contribution in [0.25, 0.3) is 0 Å². The molecule has 0 N–H and O–H groups in total. The van der Waals surface area contributed by atoms with E-state index in [0.717, 1.165) is 17.0 Å². The summed E-state index contributed by atoms with van der Waals surface area (Å²) >= 11 is 0. The van der Waals surface area contributed by atoms with E-state index in [1.54, 1.807) is 24.5 Å². The summed E-state index contributed by atoms with van der Waals surface area (Å²) in [6, 6.07) is 14.4. The summed E-state index contributed by atoms with van der Waals surface area (Å²) in [4.78, 5) is 12.9. The lowest BCUT2D eigenvalue weighted by molar-refractivity contribution is 0.0678. The molecule has 0 spiro atoms. The standard InChI is InChI=1S/C20H18N2O4/c1-2-24-15-7-3-6-14(12-15)17-13-16(18-8-4-10-25-18)21-22(17)20(23)19-9-5-11-26-19/h3-12,17H,2,13H2,1H3/t17-/m1/s1. The van der Waals surface area contributed by atoms with Crippen molar-refractivity contribution < 1.29 is 18.4 Å². The van der Waals surface area contributed by atoms with Crippen LogP contribution in [0.3, 0.4) is 0 Å². The van der Waals surface area contributed by atoms with Crippen LogP contribution in [-0.4, -0.2) is 23.2 Å². The number of nitrogens with zero attached hydrogens (tertiary/aromatic N) is 2. The third kappa shape index (κ3) is 3.01. The van der Waals surface area contributed by atoms with E-state index in [9.17, 15) is 4.79 Å². The van der Waals surface area contributed by atoms with Crippen molar-refractivity contribution in [1.29, 1.82) is 0 Å². The Bertz CT molecular complexity index is 913. The van der Waals surface area contributed by atoms with E-state index < -0.39 is 0 Å². The highest BCUT2D eigenvalue weighted by Gasteiger charge is 2.35. The second kappa shape index (κ2) is 6.92. The highest BCUT2D eigenvalue weighted by atomic mass is 16.5. The van der Waals surface area contributed by atoms with Crippen LogP contribution >= 0.6 is 0 Å². The van der Waals surface area contributed by atoms with Gasteiger partial charge in [-0.3, -0.25) is 4.79 Å². The highest BCUT2D eigenvalue weighted by Crippen LogP contribution is 2.35. The fourth-order valence-corrected chi connectivity index (χ4v) is 3.04. The molecule has 1 aliphatic rings. The lowest BCUT2D eigenvalue weighted by atomic mass is 10.0. The molecule has 0 saturated carbocycles. The molecule has 3 heterocycles. The van der Waals surface area contributed by atoms with Crippen LogP contribution < -0.4 is 4.74 Å². The first-order chi connectivity index (χ1) is 12.8. The smallest absolute Gasteiger partial charge is 0.310 e. The van der Waals surface area contributed by atoms with Gasteiger partial charge in [-0.2, -0.15) is 5.10 Å². The van der Waals surface area contributed by atoms with Gasteiger partial charge < -0.3 is 13.6 Å². The van der Waals surface area contributed by atoms with Crippen LogP contribution in [0, 0.1) is 0 Å². The van der Waals surface area contributed by atoms with Gasteiger partial charge >= 0.3 is 5.91 Å². The summed E-state index contributed by atoms with van der Waals surface area (Å²) in [5.74, 6) is 1.39. The van der Waals surface area contributed by atoms with Crippen molar-refractivity contribution in [3.63, 3.8) is 0 Å². The minimum absolute atomic E-state index is 0.250. The van der Waals surface area contributed by atoms with Crippen molar-refractivity contribution in [3.8, 4) is 5.75 Å². The molecule has 3 aromatic rings. The molecule has 0 radical (unpaired) electrons. The number of carbonyl (C=O) groups is 1. The van der Waals surface area contributed by atoms with E-state index in [-0.39, 0.29) is 17.7 Å². The number of furan rings is 2. The zero-order valence-electron chi connectivity index (χ0n) is 14.3. The largest absolute Gasteiger partial charge is 0.494 e. The van der Waals surface area contributed by atoms with Gasteiger partial charge in [0.25, 0.3) is 0 Å². The lowest BCUT2D eigenvalue weighted by Crippen LogP contribution is -2.26. The van der Waals surface area contributed by atoms with E-state index in [4.69, 9.17) is 13.6 Å². The van der Waals surface area contributed by atoms with Gasteiger partial charge in [-0.15, -0.1) is 0 Å². The van der Waals surface area contributed by atoms with Gasteiger partial charge in [0.1, 0.15) is 17.2 Å². The molecule has 0 unspecified atom stereocenters. The molecular formula is C20H18N2O4. The van der Waals surface area contributed by atoms with Gasteiger partial charge in [-0.25, -0.2) is 5.01 Å². The molecule has 1 amide bonds. The lowest BCUT2D eigenvalue weighted by Gasteiger charge is -2.21. The maximum Gasteiger partial charge on any atom is 0.310 e. The van der Waals surface area contributed by atoms with E-state index in [1.807, 2.05) is 37.3 Å². The van der Waals surface area contributed by atoms with E-state index in [2.05, 4.69) is 5.10 Å². The Balaban J connectivity index is 1.70. The van der Waals surface area contributed by atoms with Crippen LogP contribution in [0.15, 0.2) is 75.0 Å². The zero-order chi connectivity index (χ0) is 17.9. The fourth-order valence-electron chi connectivity index (χ4n) is 3.04. The summed E-state index contributed by atoms with van der Waals surface area (Å²) in [5.41, 5.74) is 1.67. The fraction of sp³-hybridized carbons (Fsp3) is 0.200. The van der Waals surface area contributed by atoms with Crippen LogP contribution in [0.2, 0.25) is 0 Å². The van der Waals surface area contributed by atoms with Crippen molar-refractivity contribution in [3.05, 3.63) is 78.1 Å². The number of hydrazone groups is 1. The summed E-state index contributed by atoms with van der Waals surface area (Å²) in [5, 5.41) is 5.99. The molecule has 4 rings (SSSR count). The Morgan fingerprint density at radius 1 is 1.19 bits per heavy atom. The van der Waals surface area contributed by atoms with Crippen molar-refractivity contribution >= 4 is 11.6 Å². The van der Waals surface area contributed by atoms with E-state index >= 15 is 0 Å². The van der Waals surface area contributed by atoms with Gasteiger partial charge in [0.2, 0.25) is 0 Å². The molecule has 132 valence electrons. The minimum atomic E-state index is -0.289. The summed E-state index contributed by atoms with van der Waals surface area (Å²) in [6.07, 6.45) is 3.63. The Morgan fingerprint density at radius 3 is 2.77 bits per heavy atom. The summed E-state index contributed by atoms with van der Waals surface area (Å²) in [7, 11) is 0. The molecule has 6 nitrogen and oxygen atoms in total. The Labute approximate surface area is 150 Å². The Kier molecular flexibility index (Phi) is 4.31. The average Bonchev–Trinajstić information content (AvgIpc) is 3.42. The first-order valence-electron chi connectivity index (χ1n) is 8.47. The van der Waals surface area contributed by atoms with Crippen molar-refractivity contribution in [1.82, 2.24) is 5.01 Å². The molecule has 0 fully saturated rings. The predicted octanol–water partition coefficient (Wildman–Crippen LogP) is 4.26. The van der Waals surface area contributed by atoms with Gasteiger partial charge in [-0.05, 0) is 48.9 Å². The topological polar surface area (TPSA) is 68.2 Å². The predicted molar refractivity (Wildman–Crippen MR) is 95.1 cm³/mol. The van der Waals surface area contributed by atoms with Gasteiger partial charge in [0.05, 0.1) is 25.2 Å². The average molecular weight is 350 g/mol. The zero-order valence-corrected chi connectivity index (χ0v) is 14.3. The van der Waals surface area contributed by atoms with Crippen LogP contribution in [-0.2, 0) is 0 Å². The number of benzene rings is 1. The first kappa shape index (κ1) is 16.2. The minimum Gasteiger partial charge on any atom is -0.494 e. The summed E-state index contributed by atoms with van der Waals surface area (Å²) < 4.78 is 16.3. The number of hydrogen-bond donors (Lipinski definition) is 0. The van der Waals surface area contributed by atoms with Crippen molar-refractivity contribution in [2.45, 2.75) is 19.4 Å². The number of carbonyl (C=O) groups excluding carboxylic acids is 1. The first-order valence-corrected chi connectivity index (χ1v) is 8.47. The molecule has 6 heteroatoms. The van der Waals surface area contributed by atoms with Gasteiger partial charge in [0.15, 0.2) is 5.76 Å². The normalized spacial score (nSPS) is 16.6.